The molecule has 0 bridgehead atoms. The van der Waals surface area contributed by atoms with Crippen LogP contribution in [-0.2, 0) is 11.3 Å². The molecule has 2 rings (SSSR count). The summed E-state index contributed by atoms with van der Waals surface area (Å²) in [5, 5.41) is 6.89. The Labute approximate surface area is 116 Å². The van der Waals surface area contributed by atoms with Crippen LogP contribution in [0.5, 0.6) is 0 Å². The molecule has 100 valence electrons. The van der Waals surface area contributed by atoms with E-state index in [-0.39, 0.29) is 12.5 Å². The van der Waals surface area contributed by atoms with Crippen molar-refractivity contribution in [2.24, 2.45) is 0 Å². The summed E-state index contributed by atoms with van der Waals surface area (Å²) in [5.74, 6) is 0.639. The van der Waals surface area contributed by atoms with Gasteiger partial charge in [-0.1, -0.05) is 0 Å². The van der Waals surface area contributed by atoms with Gasteiger partial charge in [0.1, 0.15) is 6.54 Å². The van der Waals surface area contributed by atoms with Crippen LogP contribution in [0.1, 0.15) is 6.92 Å². The molecule has 1 N–H and O–H groups in total. The molecule has 0 spiro atoms. The van der Waals surface area contributed by atoms with E-state index in [1.54, 1.807) is 28.9 Å². The first-order valence-electron chi connectivity index (χ1n) is 5.93. The minimum absolute atomic E-state index is 0.00435. The molecular weight excluding hydrogens is 262 g/mol. The highest BCUT2D eigenvalue weighted by atomic mass is 32.1. The molecule has 7 heteroatoms. The molecule has 2 heterocycles. The number of H-pyrrole nitrogens is 1. The standard InChI is InChI=1S/C12H15N5OS/c1-3-16(2)10(18)8-17-11(14-15-12(17)19)9-4-6-13-7-5-9/h4-7H,3,8H2,1-2H3,(H,15,19). The predicted octanol–water partition coefficient (Wildman–Crippen LogP) is 1.48. The topological polar surface area (TPSA) is 66.8 Å². The zero-order chi connectivity index (χ0) is 13.8. The summed E-state index contributed by atoms with van der Waals surface area (Å²) in [6.07, 6.45) is 3.36. The fraction of sp³-hybridized carbons (Fsp3) is 0.333. The summed E-state index contributed by atoms with van der Waals surface area (Å²) in [5.41, 5.74) is 0.870. The highest BCUT2D eigenvalue weighted by molar-refractivity contribution is 7.71. The average Bonchev–Trinajstić information content (AvgIpc) is 2.80. The SMILES string of the molecule is CCN(C)C(=O)Cn1c(-c2ccncc2)n[nH]c1=S. The molecular formula is C12H15N5OS. The summed E-state index contributed by atoms with van der Waals surface area (Å²) in [6.45, 7) is 2.77. The number of aromatic nitrogens is 4. The van der Waals surface area contributed by atoms with Crippen LogP contribution in [0.15, 0.2) is 24.5 Å². The number of amides is 1. The van der Waals surface area contributed by atoms with Crippen LogP contribution in [0.3, 0.4) is 0 Å². The molecule has 0 aliphatic carbocycles. The summed E-state index contributed by atoms with van der Waals surface area (Å²) in [4.78, 5) is 17.6. The monoisotopic (exact) mass is 277 g/mol. The van der Waals surface area contributed by atoms with E-state index in [4.69, 9.17) is 12.2 Å². The molecule has 6 nitrogen and oxygen atoms in total. The lowest BCUT2D eigenvalue weighted by Crippen LogP contribution is -2.30. The molecule has 0 fully saturated rings. The first-order chi connectivity index (χ1) is 9.13. The Hall–Kier alpha value is -2.02. The van der Waals surface area contributed by atoms with Crippen LogP contribution < -0.4 is 0 Å². The second-order valence-electron chi connectivity index (χ2n) is 4.08. The Morgan fingerprint density at radius 3 is 2.79 bits per heavy atom. The Bertz CT molecular complexity index is 619. The molecule has 0 aliphatic heterocycles. The van der Waals surface area contributed by atoms with Gasteiger partial charge in [0.25, 0.3) is 0 Å². The largest absolute Gasteiger partial charge is 0.344 e. The van der Waals surface area contributed by atoms with Crippen molar-refractivity contribution in [3.63, 3.8) is 0 Å². The van der Waals surface area contributed by atoms with Crippen molar-refractivity contribution in [1.82, 2.24) is 24.6 Å². The van der Waals surface area contributed by atoms with Crippen LogP contribution in [0.25, 0.3) is 11.4 Å². The Morgan fingerprint density at radius 2 is 2.16 bits per heavy atom. The molecule has 2 aromatic rings. The van der Waals surface area contributed by atoms with E-state index in [9.17, 15) is 4.79 Å². The smallest absolute Gasteiger partial charge is 0.242 e. The maximum atomic E-state index is 12.0. The lowest BCUT2D eigenvalue weighted by Gasteiger charge is -2.15. The molecule has 0 radical (unpaired) electrons. The molecule has 0 aromatic carbocycles. The number of hydrogen-bond acceptors (Lipinski definition) is 4. The maximum absolute atomic E-state index is 12.0. The summed E-state index contributed by atoms with van der Waals surface area (Å²) < 4.78 is 2.13. The number of hydrogen-bond donors (Lipinski definition) is 1. The predicted molar refractivity (Wildman–Crippen MR) is 74.0 cm³/mol. The number of carbonyl (C=O) groups is 1. The van der Waals surface area contributed by atoms with Crippen molar-refractivity contribution < 1.29 is 4.79 Å². The maximum Gasteiger partial charge on any atom is 0.242 e. The van der Waals surface area contributed by atoms with E-state index in [0.717, 1.165) is 5.56 Å². The van der Waals surface area contributed by atoms with Gasteiger partial charge in [-0.3, -0.25) is 19.4 Å². The molecule has 0 saturated heterocycles. The molecule has 0 aliphatic rings. The van der Waals surface area contributed by atoms with Gasteiger partial charge in [0.2, 0.25) is 5.91 Å². The summed E-state index contributed by atoms with van der Waals surface area (Å²) in [7, 11) is 1.76. The molecule has 19 heavy (non-hydrogen) atoms. The average molecular weight is 277 g/mol. The van der Waals surface area contributed by atoms with Gasteiger partial charge in [-0.15, -0.1) is 0 Å². The second kappa shape index (κ2) is 5.75. The van der Waals surface area contributed by atoms with Crippen molar-refractivity contribution in [2.45, 2.75) is 13.5 Å². The normalized spacial score (nSPS) is 10.4. The number of aromatic amines is 1. The molecule has 0 saturated carbocycles. The number of likely N-dealkylation sites (N-methyl/N-ethyl adjacent to an activating group) is 1. The number of pyridine rings is 1. The van der Waals surface area contributed by atoms with Crippen molar-refractivity contribution in [1.29, 1.82) is 0 Å². The number of nitrogens with zero attached hydrogens (tertiary/aromatic N) is 4. The van der Waals surface area contributed by atoms with Gasteiger partial charge in [-0.05, 0) is 31.3 Å². The Kier molecular flexibility index (Phi) is 4.06. The molecule has 0 unspecified atom stereocenters. The molecule has 0 atom stereocenters. The van der Waals surface area contributed by atoms with Gasteiger partial charge in [0, 0.05) is 31.5 Å². The number of carbonyl (C=O) groups excluding carboxylic acids is 1. The van der Waals surface area contributed by atoms with E-state index >= 15 is 0 Å². The number of rotatable bonds is 4. The summed E-state index contributed by atoms with van der Waals surface area (Å²) in [6, 6.07) is 3.66. The van der Waals surface area contributed by atoms with Gasteiger partial charge in [-0.25, -0.2) is 0 Å². The van der Waals surface area contributed by atoms with Gasteiger partial charge >= 0.3 is 0 Å². The summed E-state index contributed by atoms with van der Waals surface area (Å²) >= 11 is 5.17. The highest BCUT2D eigenvalue weighted by Crippen LogP contribution is 2.15. The van der Waals surface area contributed by atoms with Crippen molar-refractivity contribution in [2.75, 3.05) is 13.6 Å². The fourth-order valence-electron chi connectivity index (χ4n) is 1.62. The third-order valence-corrected chi connectivity index (χ3v) is 3.20. The van der Waals surface area contributed by atoms with E-state index in [1.165, 1.54) is 0 Å². The molecule has 1 amide bonds. The Morgan fingerprint density at radius 1 is 1.47 bits per heavy atom. The van der Waals surface area contributed by atoms with Crippen molar-refractivity contribution in [3.8, 4) is 11.4 Å². The van der Waals surface area contributed by atoms with E-state index in [2.05, 4.69) is 15.2 Å². The van der Waals surface area contributed by atoms with Crippen LogP contribution in [0, 0.1) is 4.77 Å². The third kappa shape index (κ3) is 2.87. The van der Waals surface area contributed by atoms with Crippen LogP contribution >= 0.6 is 12.2 Å². The van der Waals surface area contributed by atoms with E-state index in [1.807, 2.05) is 19.1 Å². The van der Waals surface area contributed by atoms with Crippen molar-refractivity contribution in [3.05, 3.63) is 29.3 Å². The first kappa shape index (κ1) is 13.4. The van der Waals surface area contributed by atoms with Gasteiger partial charge in [0.05, 0.1) is 0 Å². The minimum atomic E-state index is -0.00435. The Balaban J connectivity index is 2.34. The van der Waals surface area contributed by atoms with Crippen molar-refractivity contribution >= 4 is 18.1 Å². The van der Waals surface area contributed by atoms with Gasteiger partial charge in [0.15, 0.2) is 10.6 Å². The second-order valence-corrected chi connectivity index (χ2v) is 4.47. The third-order valence-electron chi connectivity index (χ3n) is 2.89. The molecule has 2 aromatic heterocycles. The zero-order valence-electron chi connectivity index (χ0n) is 10.8. The lowest BCUT2D eigenvalue weighted by molar-refractivity contribution is -0.130. The van der Waals surface area contributed by atoms with Gasteiger partial charge in [-0.2, -0.15) is 5.10 Å². The lowest BCUT2D eigenvalue weighted by atomic mass is 10.2. The van der Waals surface area contributed by atoms with Crippen LogP contribution in [-0.4, -0.2) is 44.1 Å². The van der Waals surface area contributed by atoms with Gasteiger partial charge < -0.3 is 4.90 Å². The van der Waals surface area contributed by atoms with Crippen LogP contribution in [0.4, 0.5) is 0 Å². The zero-order valence-corrected chi connectivity index (χ0v) is 11.6. The quantitative estimate of drug-likeness (QED) is 0.860. The highest BCUT2D eigenvalue weighted by Gasteiger charge is 2.14. The minimum Gasteiger partial charge on any atom is -0.344 e. The first-order valence-corrected chi connectivity index (χ1v) is 6.34. The number of nitrogens with one attached hydrogen (secondary N) is 1. The fourth-order valence-corrected chi connectivity index (χ4v) is 1.81. The van der Waals surface area contributed by atoms with E-state index < -0.39 is 0 Å². The van der Waals surface area contributed by atoms with E-state index in [0.29, 0.717) is 17.1 Å². The van der Waals surface area contributed by atoms with Crippen LogP contribution in [0.2, 0.25) is 0 Å².